The molecule has 0 atom stereocenters. The van der Waals surface area contributed by atoms with Gasteiger partial charge in [-0.15, -0.1) is 0 Å². The number of anilines is 1. The van der Waals surface area contributed by atoms with Crippen molar-refractivity contribution in [3.8, 4) is 0 Å². The summed E-state index contributed by atoms with van der Waals surface area (Å²) < 4.78 is 26.6. The minimum Gasteiger partial charge on any atom is -0.358 e. The summed E-state index contributed by atoms with van der Waals surface area (Å²) >= 11 is 12.4. The number of sulfone groups is 1. The Hall–Kier alpha value is -3.11. The molecule has 2 amide bonds. The van der Waals surface area contributed by atoms with Crippen molar-refractivity contribution in [1.29, 1.82) is 0 Å². The number of nitrogens with one attached hydrogen (secondary N) is 3. The number of hydrogen-bond donors (Lipinski definition) is 3. The van der Waals surface area contributed by atoms with Gasteiger partial charge in [-0.3, -0.25) is 9.59 Å². The highest BCUT2D eigenvalue weighted by molar-refractivity contribution is 7.90. The number of amides is 2. The number of nitrogens with zero attached hydrogens (tertiary/aromatic N) is 1. The van der Waals surface area contributed by atoms with E-state index in [1.807, 2.05) is 13.8 Å². The van der Waals surface area contributed by atoms with Crippen LogP contribution in [0.15, 0.2) is 41.3 Å². The van der Waals surface area contributed by atoms with Crippen molar-refractivity contribution in [2.24, 2.45) is 0 Å². The van der Waals surface area contributed by atoms with Gasteiger partial charge < -0.3 is 20.5 Å². The minimum atomic E-state index is -3.83. The largest absolute Gasteiger partial charge is 0.358 e. The second-order valence-electron chi connectivity index (χ2n) is 10.5. The lowest BCUT2D eigenvalue weighted by atomic mass is 10.0. The second-order valence-corrected chi connectivity index (χ2v) is 13.3. The molecule has 0 saturated carbocycles. The Kier molecular flexibility index (Phi) is 8.61. The smallest absolute Gasteiger partial charge is 0.256 e. The van der Waals surface area contributed by atoms with Crippen LogP contribution in [0.2, 0.25) is 10.0 Å². The monoisotopic (exact) mass is 614 g/mol. The number of aromatic nitrogens is 1. The third-order valence-electron chi connectivity index (χ3n) is 7.66. The van der Waals surface area contributed by atoms with E-state index in [-0.39, 0.29) is 32.5 Å². The Labute approximate surface area is 250 Å². The molecule has 2 aromatic carbocycles. The molecular weight excluding hydrogens is 583 g/mol. The standard InChI is InChI=1S/C30H32Cl2N4O4S/c1-18-27(34-19(2)28(18)30(38)33-11-6-14-36-12-3-4-13-36)16-22-21-15-20(9-10-26(21)35-29(22)37)41(39,40)17-23-24(31)7-5-8-25(23)32/h5,7-10,15-16,34H,3-4,6,11-14,17H2,1-2H3,(H,33,38)(H,35,37)/b22-16-. The maximum Gasteiger partial charge on any atom is 0.256 e. The fourth-order valence-electron chi connectivity index (χ4n) is 5.45. The highest BCUT2D eigenvalue weighted by Crippen LogP contribution is 2.37. The first-order valence-corrected chi connectivity index (χ1v) is 16.0. The van der Waals surface area contributed by atoms with Gasteiger partial charge in [-0.25, -0.2) is 8.42 Å². The molecule has 11 heteroatoms. The molecule has 3 aromatic rings. The number of benzene rings is 2. The molecule has 1 fully saturated rings. The van der Waals surface area contributed by atoms with E-state index in [0.29, 0.717) is 51.4 Å². The predicted molar refractivity (Wildman–Crippen MR) is 163 cm³/mol. The minimum absolute atomic E-state index is 0.0445. The van der Waals surface area contributed by atoms with E-state index in [0.717, 1.165) is 26.1 Å². The van der Waals surface area contributed by atoms with Crippen LogP contribution in [0.5, 0.6) is 0 Å². The van der Waals surface area contributed by atoms with Crippen LogP contribution in [0.1, 0.15) is 57.7 Å². The van der Waals surface area contributed by atoms with Crippen LogP contribution in [0, 0.1) is 13.8 Å². The summed E-state index contributed by atoms with van der Waals surface area (Å²) in [6.07, 6.45) is 5.03. The summed E-state index contributed by atoms with van der Waals surface area (Å²) in [5, 5.41) is 6.35. The van der Waals surface area contributed by atoms with E-state index >= 15 is 0 Å². The Morgan fingerprint density at radius 3 is 2.51 bits per heavy atom. The summed E-state index contributed by atoms with van der Waals surface area (Å²) in [7, 11) is -3.83. The molecule has 41 heavy (non-hydrogen) atoms. The van der Waals surface area contributed by atoms with Crippen LogP contribution in [0.3, 0.4) is 0 Å². The van der Waals surface area contributed by atoms with Crippen LogP contribution in [0.25, 0.3) is 11.6 Å². The van der Waals surface area contributed by atoms with Crippen molar-refractivity contribution >= 4 is 62.2 Å². The number of carbonyl (C=O) groups excluding carboxylic acids is 2. The Morgan fingerprint density at radius 2 is 1.80 bits per heavy atom. The molecule has 3 heterocycles. The van der Waals surface area contributed by atoms with Gasteiger partial charge >= 0.3 is 0 Å². The van der Waals surface area contributed by atoms with Crippen LogP contribution in [0.4, 0.5) is 5.69 Å². The van der Waals surface area contributed by atoms with Gasteiger partial charge in [0.05, 0.1) is 21.8 Å². The second kappa shape index (κ2) is 12.0. The van der Waals surface area contributed by atoms with Gasteiger partial charge in [-0.1, -0.05) is 29.3 Å². The van der Waals surface area contributed by atoms with Crippen LogP contribution < -0.4 is 10.6 Å². The molecule has 3 N–H and O–H groups in total. The molecule has 1 aromatic heterocycles. The average molecular weight is 616 g/mol. The zero-order chi connectivity index (χ0) is 29.3. The Morgan fingerprint density at radius 1 is 1.10 bits per heavy atom. The van der Waals surface area contributed by atoms with Gasteiger partial charge in [0.15, 0.2) is 9.84 Å². The number of H-pyrrole nitrogens is 1. The molecular formula is C30H32Cl2N4O4S. The number of hydrogen-bond acceptors (Lipinski definition) is 5. The van der Waals surface area contributed by atoms with Crippen molar-refractivity contribution in [2.75, 3.05) is 31.5 Å². The Balaban J connectivity index is 1.37. The summed E-state index contributed by atoms with van der Waals surface area (Å²) in [4.78, 5) is 31.6. The van der Waals surface area contributed by atoms with Crippen LogP contribution in [-0.2, 0) is 20.4 Å². The molecule has 0 unspecified atom stereocenters. The molecule has 2 aliphatic rings. The maximum atomic E-state index is 13.3. The van der Waals surface area contributed by atoms with Gasteiger partial charge in [-0.2, -0.15) is 0 Å². The fourth-order valence-corrected chi connectivity index (χ4v) is 7.57. The molecule has 0 radical (unpaired) electrons. The summed E-state index contributed by atoms with van der Waals surface area (Å²) in [5.41, 5.74) is 4.15. The predicted octanol–water partition coefficient (Wildman–Crippen LogP) is 5.62. The lowest BCUT2D eigenvalue weighted by molar-refractivity contribution is -0.110. The van der Waals surface area contributed by atoms with E-state index in [4.69, 9.17) is 23.2 Å². The number of fused-ring (bicyclic) bond motifs is 1. The zero-order valence-electron chi connectivity index (χ0n) is 22.9. The summed E-state index contributed by atoms with van der Waals surface area (Å²) in [6, 6.07) is 9.35. The van der Waals surface area contributed by atoms with Crippen molar-refractivity contribution in [2.45, 2.75) is 43.8 Å². The van der Waals surface area contributed by atoms with Crippen molar-refractivity contribution < 1.29 is 18.0 Å². The number of aryl methyl sites for hydroxylation is 1. The molecule has 2 aliphatic heterocycles. The molecule has 216 valence electrons. The normalized spacial score (nSPS) is 16.3. The van der Waals surface area contributed by atoms with Gasteiger partial charge in [-0.05, 0) is 94.7 Å². The van der Waals surface area contributed by atoms with E-state index in [2.05, 4.69) is 20.5 Å². The maximum absolute atomic E-state index is 13.3. The quantitative estimate of drug-likeness (QED) is 0.214. The first-order valence-electron chi connectivity index (χ1n) is 13.6. The number of likely N-dealkylation sites (tertiary alicyclic amines) is 1. The van der Waals surface area contributed by atoms with Gasteiger partial charge in [0.25, 0.3) is 11.8 Å². The van der Waals surface area contributed by atoms with Gasteiger partial charge in [0.2, 0.25) is 0 Å². The average Bonchev–Trinajstić information content (AvgIpc) is 3.62. The van der Waals surface area contributed by atoms with Gasteiger partial charge in [0, 0.05) is 44.8 Å². The molecule has 0 aliphatic carbocycles. The van der Waals surface area contributed by atoms with E-state index in [1.165, 1.54) is 25.0 Å². The number of halogens is 2. The Bertz CT molecular complexity index is 1640. The van der Waals surface area contributed by atoms with Crippen molar-refractivity contribution in [3.05, 3.63) is 80.1 Å². The number of carbonyl (C=O) groups is 2. The number of rotatable bonds is 9. The molecule has 5 rings (SSSR count). The lowest BCUT2D eigenvalue weighted by Gasteiger charge is -2.14. The van der Waals surface area contributed by atoms with Crippen molar-refractivity contribution in [3.63, 3.8) is 0 Å². The first kappa shape index (κ1) is 29.4. The molecule has 8 nitrogen and oxygen atoms in total. The van der Waals surface area contributed by atoms with Crippen LogP contribution in [-0.4, -0.2) is 56.3 Å². The third-order valence-corrected chi connectivity index (χ3v) is 10.0. The third kappa shape index (κ3) is 6.23. The highest BCUT2D eigenvalue weighted by atomic mass is 35.5. The van der Waals surface area contributed by atoms with E-state index < -0.39 is 9.84 Å². The topological polar surface area (TPSA) is 111 Å². The first-order chi connectivity index (χ1) is 19.5. The summed E-state index contributed by atoms with van der Waals surface area (Å²) in [5.74, 6) is -0.899. The summed E-state index contributed by atoms with van der Waals surface area (Å²) in [6.45, 7) is 7.46. The van der Waals surface area contributed by atoms with E-state index in [1.54, 1.807) is 30.3 Å². The van der Waals surface area contributed by atoms with Gasteiger partial charge in [0.1, 0.15) is 0 Å². The van der Waals surface area contributed by atoms with E-state index in [9.17, 15) is 18.0 Å². The zero-order valence-corrected chi connectivity index (χ0v) is 25.3. The fraction of sp³-hybridized carbons (Fsp3) is 0.333. The number of aromatic amines is 1. The molecule has 1 saturated heterocycles. The molecule has 0 spiro atoms. The highest BCUT2D eigenvalue weighted by Gasteiger charge is 2.28. The SMILES string of the molecule is Cc1[nH]c(/C=C2\C(=O)Nc3ccc(S(=O)(=O)Cc4c(Cl)cccc4Cl)cc32)c(C)c1C(=O)NCCCN1CCCC1. The van der Waals surface area contributed by atoms with Crippen LogP contribution >= 0.6 is 23.2 Å². The lowest BCUT2D eigenvalue weighted by Crippen LogP contribution is -2.29. The molecule has 0 bridgehead atoms. The van der Waals surface area contributed by atoms with Crippen molar-refractivity contribution in [1.82, 2.24) is 15.2 Å².